The summed E-state index contributed by atoms with van der Waals surface area (Å²) in [5.74, 6) is 0.586. The molecule has 1 amide bonds. The van der Waals surface area contributed by atoms with Crippen LogP contribution in [0.15, 0.2) is 82.6 Å². The van der Waals surface area contributed by atoms with Crippen molar-refractivity contribution in [2.75, 3.05) is 29.0 Å². The van der Waals surface area contributed by atoms with Crippen LogP contribution in [0, 0.1) is 0 Å². The van der Waals surface area contributed by atoms with Crippen LogP contribution in [-0.4, -0.2) is 33.7 Å². The second-order valence-corrected chi connectivity index (χ2v) is 9.98. The number of carbonyl (C=O) groups excluding carboxylic acids is 1. The lowest BCUT2D eigenvalue weighted by atomic mass is 10.3. The van der Waals surface area contributed by atoms with E-state index >= 15 is 0 Å². The van der Waals surface area contributed by atoms with E-state index in [2.05, 4.69) is 5.32 Å². The van der Waals surface area contributed by atoms with Gasteiger partial charge < -0.3 is 10.1 Å². The van der Waals surface area contributed by atoms with Crippen molar-refractivity contribution in [3.8, 4) is 5.75 Å². The van der Waals surface area contributed by atoms with E-state index in [1.165, 1.54) is 34.3 Å². The largest absolute Gasteiger partial charge is 0.497 e. The molecule has 0 fully saturated rings. The summed E-state index contributed by atoms with van der Waals surface area (Å²) in [6.45, 7) is 2.02. The molecule has 0 aliphatic heterocycles. The first-order chi connectivity index (χ1) is 15.3. The predicted molar refractivity (Wildman–Crippen MR) is 130 cm³/mol. The number of halogens is 1. The number of nitrogens with zero attached hydrogens (tertiary/aromatic N) is 1. The van der Waals surface area contributed by atoms with Crippen LogP contribution in [0.5, 0.6) is 5.75 Å². The molecule has 3 rings (SSSR count). The topological polar surface area (TPSA) is 75.7 Å². The highest BCUT2D eigenvalue weighted by Crippen LogP contribution is 2.30. The van der Waals surface area contributed by atoms with Crippen LogP contribution >= 0.6 is 23.4 Å². The van der Waals surface area contributed by atoms with Gasteiger partial charge in [-0.1, -0.05) is 29.8 Å². The molecular weight excluding hydrogens is 468 g/mol. The first-order valence-corrected chi connectivity index (χ1v) is 12.6. The molecule has 0 saturated carbocycles. The average Bonchev–Trinajstić information content (AvgIpc) is 2.80. The molecule has 0 aliphatic carbocycles. The maximum Gasteiger partial charge on any atom is 0.264 e. The van der Waals surface area contributed by atoms with Gasteiger partial charge in [0, 0.05) is 11.4 Å². The van der Waals surface area contributed by atoms with Crippen molar-refractivity contribution in [2.45, 2.75) is 16.7 Å². The second kappa shape index (κ2) is 10.8. The lowest BCUT2D eigenvalue weighted by molar-refractivity contribution is -0.113. The van der Waals surface area contributed by atoms with Crippen molar-refractivity contribution in [1.82, 2.24) is 0 Å². The summed E-state index contributed by atoms with van der Waals surface area (Å²) < 4.78 is 32.9. The number of amides is 1. The number of benzene rings is 3. The molecule has 0 unspecified atom stereocenters. The summed E-state index contributed by atoms with van der Waals surface area (Å²) in [6, 6.07) is 20.5. The molecule has 0 heterocycles. The van der Waals surface area contributed by atoms with E-state index in [1.54, 1.807) is 38.3 Å². The molecule has 3 aromatic rings. The second-order valence-electron chi connectivity index (χ2n) is 6.66. The number of hydrogen-bond acceptors (Lipinski definition) is 5. The minimum Gasteiger partial charge on any atom is -0.497 e. The molecule has 0 atom stereocenters. The number of ether oxygens (including phenoxy) is 1. The molecule has 1 N–H and O–H groups in total. The van der Waals surface area contributed by atoms with E-state index in [0.717, 1.165) is 10.6 Å². The molecule has 32 heavy (non-hydrogen) atoms. The van der Waals surface area contributed by atoms with Gasteiger partial charge in [-0.25, -0.2) is 8.42 Å². The molecule has 0 aliphatic rings. The molecule has 0 aromatic heterocycles. The van der Waals surface area contributed by atoms with Gasteiger partial charge in [-0.15, -0.1) is 11.8 Å². The summed E-state index contributed by atoms with van der Waals surface area (Å²) in [6.07, 6.45) is 0. The third-order valence-corrected chi connectivity index (χ3v) is 7.80. The quantitative estimate of drug-likeness (QED) is 0.412. The summed E-state index contributed by atoms with van der Waals surface area (Å²) >= 11 is 7.58. The zero-order valence-corrected chi connectivity index (χ0v) is 20.0. The number of anilines is 2. The lowest BCUT2D eigenvalue weighted by Gasteiger charge is -2.23. The fraction of sp³-hybridized carbons (Fsp3) is 0.174. The molecule has 0 radical (unpaired) electrons. The SMILES string of the molecule is CCN(c1ccccc1)S(=O)(=O)c1ccc(Cl)c(NC(=O)CSc2ccc(OC)cc2)c1. The van der Waals surface area contributed by atoms with Crippen LogP contribution in [0.1, 0.15) is 6.92 Å². The van der Waals surface area contributed by atoms with E-state index in [1.807, 2.05) is 30.3 Å². The van der Waals surface area contributed by atoms with Crippen molar-refractivity contribution in [2.24, 2.45) is 0 Å². The zero-order chi connectivity index (χ0) is 23.1. The number of carbonyl (C=O) groups is 1. The Morgan fingerprint density at radius 3 is 2.38 bits per heavy atom. The van der Waals surface area contributed by atoms with Crippen LogP contribution in [0.2, 0.25) is 5.02 Å². The Hall–Kier alpha value is -2.68. The number of thioether (sulfide) groups is 1. The normalized spacial score (nSPS) is 11.1. The highest BCUT2D eigenvalue weighted by atomic mass is 35.5. The molecule has 9 heteroatoms. The van der Waals surface area contributed by atoms with Crippen LogP contribution in [0.25, 0.3) is 0 Å². The maximum absolute atomic E-state index is 13.2. The minimum absolute atomic E-state index is 0.0470. The third kappa shape index (κ3) is 5.76. The van der Waals surface area contributed by atoms with Crippen LogP contribution in [-0.2, 0) is 14.8 Å². The van der Waals surface area contributed by atoms with Gasteiger partial charge in [-0.05, 0) is 61.5 Å². The molecule has 0 bridgehead atoms. The fourth-order valence-corrected chi connectivity index (χ4v) is 5.34. The van der Waals surface area contributed by atoms with Crippen molar-refractivity contribution in [3.05, 3.63) is 77.8 Å². The molecule has 0 saturated heterocycles. The van der Waals surface area contributed by atoms with E-state index in [9.17, 15) is 13.2 Å². The van der Waals surface area contributed by atoms with E-state index in [4.69, 9.17) is 16.3 Å². The number of nitrogens with one attached hydrogen (secondary N) is 1. The van der Waals surface area contributed by atoms with Gasteiger partial charge in [0.25, 0.3) is 10.0 Å². The van der Waals surface area contributed by atoms with Crippen molar-refractivity contribution in [3.63, 3.8) is 0 Å². The van der Waals surface area contributed by atoms with Crippen LogP contribution in [0.4, 0.5) is 11.4 Å². The molecule has 6 nitrogen and oxygen atoms in total. The Labute approximate surface area is 197 Å². The van der Waals surface area contributed by atoms with Gasteiger partial charge in [0.05, 0.1) is 34.2 Å². The number of hydrogen-bond donors (Lipinski definition) is 1. The Morgan fingerprint density at radius 2 is 1.75 bits per heavy atom. The van der Waals surface area contributed by atoms with Gasteiger partial charge in [0.1, 0.15) is 5.75 Å². The molecular formula is C23H23ClN2O4S2. The number of sulfonamides is 1. The third-order valence-electron chi connectivity index (χ3n) is 4.56. The predicted octanol–water partition coefficient (Wildman–Crippen LogP) is 5.29. The summed E-state index contributed by atoms with van der Waals surface area (Å²) in [7, 11) is -2.24. The average molecular weight is 491 g/mol. The summed E-state index contributed by atoms with van der Waals surface area (Å²) in [5.41, 5.74) is 0.809. The van der Waals surface area contributed by atoms with Gasteiger partial charge in [0.2, 0.25) is 5.91 Å². The Kier molecular flexibility index (Phi) is 8.06. The molecule has 168 valence electrons. The maximum atomic E-state index is 13.2. The first kappa shape index (κ1) is 24.0. The van der Waals surface area contributed by atoms with Gasteiger partial charge in [-0.2, -0.15) is 0 Å². The van der Waals surface area contributed by atoms with Crippen LogP contribution < -0.4 is 14.4 Å². The van der Waals surface area contributed by atoms with Crippen molar-refractivity contribution >= 4 is 50.7 Å². The Balaban J connectivity index is 1.75. The lowest BCUT2D eigenvalue weighted by Crippen LogP contribution is -2.30. The van der Waals surface area contributed by atoms with Gasteiger partial charge >= 0.3 is 0 Å². The first-order valence-electron chi connectivity index (χ1n) is 9.79. The van der Waals surface area contributed by atoms with Crippen LogP contribution in [0.3, 0.4) is 0 Å². The van der Waals surface area contributed by atoms with Gasteiger partial charge in [-0.3, -0.25) is 9.10 Å². The summed E-state index contributed by atoms with van der Waals surface area (Å²) in [4.78, 5) is 13.4. The Morgan fingerprint density at radius 1 is 1.06 bits per heavy atom. The number of rotatable bonds is 9. The highest BCUT2D eigenvalue weighted by Gasteiger charge is 2.24. The number of methoxy groups -OCH3 is 1. The van der Waals surface area contributed by atoms with Crippen molar-refractivity contribution < 1.29 is 17.9 Å². The number of para-hydroxylation sites is 1. The van der Waals surface area contributed by atoms with Gasteiger partial charge in [0.15, 0.2) is 0 Å². The Bertz CT molecular complexity index is 1170. The smallest absolute Gasteiger partial charge is 0.264 e. The highest BCUT2D eigenvalue weighted by molar-refractivity contribution is 8.00. The molecule has 3 aromatic carbocycles. The zero-order valence-electron chi connectivity index (χ0n) is 17.6. The van der Waals surface area contributed by atoms with E-state index < -0.39 is 10.0 Å². The standard InChI is InChI=1S/C23H23ClN2O4S2/c1-3-26(17-7-5-4-6-8-17)32(28,29)20-13-14-21(24)22(15-20)25-23(27)16-31-19-11-9-18(30-2)10-12-19/h4-15H,3,16H2,1-2H3,(H,25,27). The fourth-order valence-electron chi connectivity index (χ4n) is 2.98. The van der Waals surface area contributed by atoms with E-state index in [-0.39, 0.29) is 33.8 Å². The molecule has 0 spiro atoms. The van der Waals surface area contributed by atoms with Crippen molar-refractivity contribution in [1.29, 1.82) is 0 Å². The monoisotopic (exact) mass is 490 g/mol. The summed E-state index contributed by atoms with van der Waals surface area (Å²) in [5, 5.41) is 2.97. The minimum atomic E-state index is -3.83. The van der Waals surface area contributed by atoms with E-state index in [0.29, 0.717) is 5.69 Å².